The molecule has 0 bridgehead atoms. The molecule has 3 rings (SSSR count). The highest BCUT2D eigenvalue weighted by atomic mass is 28.3. The van der Waals surface area contributed by atoms with Crippen LogP contribution in [0.5, 0.6) is 0 Å². The summed E-state index contributed by atoms with van der Waals surface area (Å²) in [6.07, 6.45) is 3.80. The zero-order chi connectivity index (χ0) is 16.1. The first kappa shape index (κ1) is 15.9. The lowest BCUT2D eigenvalue weighted by atomic mass is 10.1. The van der Waals surface area contributed by atoms with Gasteiger partial charge in [-0.05, 0) is 25.3 Å². The molecule has 0 saturated heterocycles. The second kappa shape index (κ2) is 7.56. The monoisotopic (exact) mass is 320 g/mol. The molecule has 0 spiro atoms. The molecule has 1 nitrogen and oxygen atoms in total. The van der Waals surface area contributed by atoms with Crippen molar-refractivity contribution >= 4 is 25.0 Å². The van der Waals surface area contributed by atoms with Crippen molar-refractivity contribution < 1.29 is 4.79 Å². The Morgan fingerprint density at radius 1 is 0.870 bits per heavy atom. The van der Waals surface area contributed by atoms with Crippen LogP contribution in [-0.2, 0) is 4.79 Å². The minimum Gasteiger partial charge on any atom is -0.295 e. The Morgan fingerprint density at radius 2 is 1.43 bits per heavy atom. The minimum atomic E-state index is -1.19. The summed E-state index contributed by atoms with van der Waals surface area (Å²) in [6.45, 7) is 2.13. The second-order valence-electron chi connectivity index (χ2n) is 6.45. The van der Waals surface area contributed by atoms with Crippen LogP contribution in [0.25, 0.3) is 0 Å². The Hall–Kier alpha value is -1.93. The summed E-state index contributed by atoms with van der Waals surface area (Å²) in [7, 11) is -1.19. The fraction of sp³-hybridized carbons (Fsp3) is 0.286. The van der Waals surface area contributed by atoms with Gasteiger partial charge < -0.3 is 0 Å². The molecule has 0 aromatic heterocycles. The predicted molar refractivity (Wildman–Crippen MR) is 100 cm³/mol. The van der Waals surface area contributed by atoms with E-state index in [4.69, 9.17) is 0 Å². The maximum absolute atomic E-state index is 12.0. The molecule has 0 heterocycles. The van der Waals surface area contributed by atoms with Crippen LogP contribution in [-0.4, -0.2) is 14.6 Å². The van der Waals surface area contributed by atoms with Gasteiger partial charge in [0.15, 0.2) is 5.78 Å². The van der Waals surface area contributed by atoms with E-state index in [1.54, 1.807) is 0 Å². The summed E-state index contributed by atoms with van der Waals surface area (Å²) in [6, 6.07) is 23.1. The highest BCUT2D eigenvalue weighted by Gasteiger charge is 2.21. The van der Waals surface area contributed by atoms with Gasteiger partial charge in [-0.1, -0.05) is 89.1 Å². The number of carbonyl (C=O) groups is 1. The molecular formula is C21H24OSi. The average molecular weight is 321 g/mol. The molecule has 1 aliphatic rings. The number of hydrogen-bond donors (Lipinski definition) is 0. The molecule has 1 aliphatic carbocycles. The van der Waals surface area contributed by atoms with E-state index < -0.39 is 8.80 Å². The summed E-state index contributed by atoms with van der Waals surface area (Å²) in [5.41, 5.74) is 2.45. The van der Waals surface area contributed by atoms with Crippen molar-refractivity contribution in [3.63, 3.8) is 0 Å². The normalized spacial score (nSPS) is 14.8. The predicted octanol–water partition coefficient (Wildman–Crippen LogP) is 3.49. The lowest BCUT2D eigenvalue weighted by Crippen LogP contribution is -2.41. The zero-order valence-corrected chi connectivity index (χ0v) is 14.9. The molecule has 118 valence electrons. The van der Waals surface area contributed by atoms with Gasteiger partial charge in [-0.25, -0.2) is 0 Å². The first-order chi connectivity index (χ1) is 11.3. The van der Waals surface area contributed by atoms with E-state index >= 15 is 0 Å². The number of Topliss-reactive ketones (excluding diaryl/α,β-unsaturated/α-hetero) is 1. The molecule has 2 heteroatoms. The Labute approximate surface area is 140 Å². The van der Waals surface area contributed by atoms with Crippen molar-refractivity contribution in [2.45, 2.75) is 38.7 Å². The van der Waals surface area contributed by atoms with Gasteiger partial charge in [-0.2, -0.15) is 0 Å². The van der Waals surface area contributed by atoms with E-state index in [2.05, 4.69) is 67.6 Å². The standard InChI is InChI=1S/C21H24OSi/c1-17-14-15-21(22)20(17)13-8-16-23(18-9-4-2-5-10-18)19-11-6-3-7-12-19/h2-7,9-12,23H,8,13-16H2,1H3. The number of rotatable bonds is 6. The Morgan fingerprint density at radius 3 is 1.91 bits per heavy atom. The van der Waals surface area contributed by atoms with Crippen molar-refractivity contribution in [3.05, 3.63) is 71.8 Å². The molecule has 0 fully saturated rings. The van der Waals surface area contributed by atoms with Crippen LogP contribution in [0.4, 0.5) is 0 Å². The fourth-order valence-corrected chi connectivity index (χ4v) is 6.61. The van der Waals surface area contributed by atoms with Crippen LogP contribution in [0.3, 0.4) is 0 Å². The number of allylic oxidation sites excluding steroid dienone is 2. The second-order valence-corrected chi connectivity index (χ2v) is 9.46. The van der Waals surface area contributed by atoms with Crippen molar-refractivity contribution in [3.8, 4) is 0 Å². The van der Waals surface area contributed by atoms with E-state index in [0.29, 0.717) is 5.78 Å². The molecule has 0 N–H and O–H groups in total. The highest BCUT2D eigenvalue weighted by molar-refractivity contribution is 6.85. The van der Waals surface area contributed by atoms with Gasteiger partial charge in [-0.3, -0.25) is 4.79 Å². The molecular weight excluding hydrogens is 296 g/mol. The van der Waals surface area contributed by atoms with Gasteiger partial charge in [0.1, 0.15) is 8.80 Å². The largest absolute Gasteiger partial charge is 0.295 e. The molecule has 0 amide bonds. The average Bonchev–Trinajstić information content (AvgIpc) is 2.92. The Balaban J connectivity index is 1.73. The van der Waals surface area contributed by atoms with Crippen molar-refractivity contribution in [2.75, 3.05) is 0 Å². The topological polar surface area (TPSA) is 17.1 Å². The number of ketones is 1. The molecule has 0 atom stereocenters. The Bertz CT molecular complexity index is 649. The quantitative estimate of drug-likeness (QED) is 0.745. The fourth-order valence-electron chi connectivity index (χ4n) is 3.57. The molecule has 23 heavy (non-hydrogen) atoms. The summed E-state index contributed by atoms with van der Waals surface area (Å²) < 4.78 is 0. The third kappa shape index (κ3) is 3.88. The lowest BCUT2D eigenvalue weighted by Gasteiger charge is -2.16. The summed E-state index contributed by atoms with van der Waals surface area (Å²) in [5, 5.41) is 3.00. The van der Waals surface area contributed by atoms with E-state index in [-0.39, 0.29) is 0 Å². The van der Waals surface area contributed by atoms with E-state index in [1.807, 2.05) is 0 Å². The van der Waals surface area contributed by atoms with Gasteiger partial charge in [-0.15, -0.1) is 0 Å². The van der Waals surface area contributed by atoms with E-state index in [0.717, 1.165) is 31.3 Å². The summed E-state index contributed by atoms with van der Waals surface area (Å²) in [5.74, 6) is 0.389. The first-order valence-corrected chi connectivity index (χ1v) is 10.5. The molecule has 0 saturated carbocycles. The van der Waals surface area contributed by atoms with Gasteiger partial charge in [0.05, 0.1) is 0 Å². The van der Waals surface area contributed by atoms with Crippen LogP contribution >= 0.6 is 0 Å². The van der Waals surface area contributed by atoms with Crippen LogP contribution in [0, 0.1) is 0 Å². The third-order valence-electron chi connectivity index (χ3n) is 4.90. The summed E-state index contributed by atoms with van der Waals surface area (Å²) >= 11 is 0. The SMILES string of the molecule is CC1=C(CCC[SiH](c2ccccc2)c2ccccc2)C(=O)CC1. The first-order valence-electron chi connectivity index (χ1n) is 8.57. The van der Waals surface area contributed by atoms with E-state index in [1.165, 1.54) is 22.0 Å². The van der Waals surface area contributed by atoms with Crippen molar-refractivity contribution in [2.24, 2.45) is 0 Å². The Kier molecular flexibility index (Phi) is 5.24. The van der Waals surface area contributed by atoms with Crippen LogP contribution in [0.15, 0.2) is 71.8 Å². The zero-order valence-electron chi connectivity index (χ0n) is 13.8. The van der Waals surface area contributed by atoms with Gasteiger partial charge >= 0.3 is 0 Å². The number of benzene rings is 2. The van der Waals surface area contributed by atoms with Gasteiger partial charge in [0, 0.05) is 6.42 Å². The van der Waals surface area contributed by atoms with Crippen LogP contribution in [0.1, 0.15) is 32.6 Å². The molecule has 0 aliphatic heterocycles. The summed E-state index contributed by atoms with van der Waals surface area (Å²) in [4.78, 5) is 12.0. The van der Waals surface area contributed by atoms with Gasteiger partial charge in [0.2, 0.25) is 0 Å². The van der Waals surface area contributed by atoms with Crippen LogP contribution in [0.2, 0.25) is 6.04 Å². The third-order valence-corrected chi connectivity index (χ3v) is 8.27. The number of carbonyl (C=O) groups excluding carboxylic acids is 1. The minimum absolute atomic E-state index is 0.389. The molecule has 2 aromatic rings. The molecule has 2 aromatic carbocycles. The van der Waals surface area contributed by atoms with Crippen molar-refractivity contribution in [1.29, 1.82) is 0 Å². The molecule has 0 radical (unpaired) electrons. The number of hydrogen-bond acceptors (Lipinski definition) is 1. The maximum atomic E-state index is 12.0. The smallest absolute Gasteiger partial charge is 0.159 e. The lowest BCUT2D eigenvalue weighted by molar-refractivity contribution is -0.115. The maximum Gasteiger partial charge on any atom is 0.159 e. The van der Waals surface area contributed by atoms with Crippen molar-refractivity contribution in [1.82, 2.24) is 0 Å². The van der Waals surface area contributed by atoms with Crippen LogP contribution < -0.4 is 10.4 Å². The highest BCUT2D eigenvalue weighted by Crippen LogP contribution is 2.26. The van der Waals surface area contributed by atoms with Gasteiger partial charge in [0.25, 0.3) is 0 Å². The van der Waals surface area contributed by atoms with E-state index in [9.17, 15) is 4.79 Å². The molecule has 0 unspecified atom stereocenters.